The zero-order valence-corrected chi connectivity index (χ0v) is 17.2. The zero-order valence-electron chi connectivity index (χ0n) is 17.2. The van der Waals surface area contributed by atoms with Crippen molar-refractivity contribution in [2.24, 2.45) is 0 Å². The van der Waals surface area contributed by atoms with Gasteiger partial charge in [0.25, 0.3) is 5.91 Å². The normalized spacial score (nSPS) is 15.6. The van der Waals surface area contributed by atoms with Gasteiger partial charge >= 0.3 is 0 Å². The Hall–Kier alpha value is -2.66. The average Bonchev–Trinajstić information content (AvgIpc) is 3.21. The minimum atomic E-state index is 0.0262. The number of unbranched alkanes of at least 4 members (excludes halogenated alkanes) is 1. The van der Waals surface area contributed by atoms with E-state index in [0.717, 1.165) is 42.4 Å². The minimum absolute atomic E-state index is 0.0262. The molecule has 5 heteroatoms. The van der Waals surface area contributed by atoms with Crippen LogP contribution in [0.5, 0.6) is 0 Å². The lowest BCUT2D eigenvalue weighted by Crippen LogP contribution is -2.47. The molecule has 152 valence electrons. The number of benzene rings is 2. The van der Waals surface area contributed by atoms with Crippen LogP contribution in [0.1, 0.15) is 48.7 Å². The van der Waals surface area contributed by atoms with E-state index in [1.54, 1.807) is 0 Å². The molecule has 4 rings (SSSR count). The van der Waals surface area contributed by atoms with Crippen LogP contribution in [0.3, 0.4) is 0 Å². The molecule has 1 aliphatic rings. The minimum Gasteiger partial charge on any atom is -0.330 e. The van der Waals surface area contributed by atoms with Crippen molar-refractivity contribution >= 4 is 16.8 Å². The molecule has 0 atom stereocenters. The van der Waals surface area contributed by atoms with Gasteiger partial charge in [0.05, 0.1) is 5.52 Å². The summed E-state index contributed by atoms with van der Waals surface area (Å²) >= 11 is 0. The number of H-pyrrole nitrogens is 1. The van der Waals surface area contributed by atoms with Gasteiger partial charge in [-0.3, -0.25) is 9.89 Å². The van der Waals surface area contributed by atoms with E-state index in [9.17, 15) is 4.79 Å². The van der Waals surface area contributed by atoms with E-state index in [2.05, 4.69) is 39.1 Å². The molecule has 0 bridgehead atoms. The SMILES string of the molecule is CCCCN1CCC(N(Cc2ccccc2)C(=O)c2n[nH]c3ccccc23)CC1. The number of para-hydroxylation sites is 1. The molecule has 1 saturated heterocycles. The van der Waals surface area contributed by atoms with Gasteiger partial charge < -0.3 is 9.80 Å². The third-order valence-electron chi connectivity index (χ3n) is 5.96. The van der Waals surface area contributed by atoms with Crippen LogP contribution >= 0.6 is 0 Å². The van der Waals surface area contributed by atoms with Crippen LogP contribution in [-0.4, -0.2) is 51.6 Å². The number of amides is 1. The second-order valence-corrected chi connectivity index (χ2v) is 7.96. The maximum atomic E-state index is 13.6. The van der Waals surface area contributed by atoms with Crippen LogP contribution < -0.4 is 0 Å². The first kappa shape index (κ1) is 19.6. The lowest BCUT2D eigenvalue weighted by atomic mass is 10.0. The summed E-state index contributed by atoms with van der Waals surface area (Å²) in [6.45, 7) is 6.15. The van der Waals surface area contributed by atoms with E-state index in [1.165, 1.54) is 19.4 Å². The van der Waals surface area contributed by atoms with E-state index in [4.69, 9.17) is 0 Å². The van der Waals surface area contributed by atoms with Crippen LogP contribution in [-0.2, 0) is 6.54 Å². The predicted octanol–water partition coefficient (Wildman–Crippen LogP) is 4.47. The summed E-state index contributed by atoms with van der Waals surface area (Å²) in [6.07, 6.45) is 4.51. The van der Waals surface area contributed by atoms with Gasteiger partial charge in [0.1, 0.15) is 0 Å². The maximum Gasteiger partial charge on any atom is 0.275 e. The van der Waals surface area contributed by atoms with Crippen LogP contribution in [0.15, 0.2) is 54.6 Å². The maximum absolute atomic E-state index is 13.6. The molecule has 1 N–H and O–H groups in total. The fourth-order valence-electron chi connectivity index (χ4n) is 4.25. The second-order valence-electron chi connectivity index (χ2n) is 7.96. The first-order chi connectivity index (χ1) is 14.3. The van der Waals surface area contributed by atoms with E-state index in [0.29, 0.717) is 12.2 Å². The molecule has 2 aromatic carbocycles. The first-order valence-electron chi connectivity index (χ1n) is 10.8. The molecule has 29 heavy (non-hydrogen) atoms. The van der Waals surface area contributed by atoms with E-state index in [1.807, 2.05) is 42.5 Å². The quantitative estimate of drug-likeness (QED) is 0.648. The monoisotopic (exact) mass is 390 g/mol. The Morgan fingerprint density at radius 3 is 2.59 bits per heavy atom. The fraction of sp³-hybridized carbons (Fsp3) is 0.417. The van der Waals surface area contributed by atoms with Gasteiger partial charge in [-0.2, -0.15) is 5.10 Å². The number of carbonyl (C=O) groups is 1. The lowest BCUT2D eigenvalue weighted by Gasteiger charge is -2.38. The number of carbonyl (C=O) groups excluding carboxylic acids is 1. The first-order valence-corrected chi connectivity index (χ1v) is 10.8. The highest BCUT2D eigenvalue weighted by atomic mass is 16.2. The Balaban J connectivity index is 1.56. The summed E-state index contributed by atoms with van der Waals surface area (Å²) in [4.78, 5) is 18.2. The predicted molar refractivity (Wildman–Crippen MR) is 117 cm³/mol. The van der Waals surface area contributed by atoms with Gasteiger partial charge in [-0.15, -0.1) is 0 Å². The molecule has 0 saturated carbocycles. The van der Waals surface area contributed by atoms with Gasteiger partial charge in [-0.25, -0.2) is 0 Å². The van der Waals surface area contributed by atoms with Crippen molar-refractivity contribution < 1.29 is 4.79 Å². The smallest absolute Gasteiger partial charge is 0.275 e. The highest BCUT2D eigenvalue weighted by Gasteiger charge is 2.30. The van der Waals surface area contributed by atoms with Crippen molar-refractivity contribution in [1.29, 1.82) is 0 Å². The summed E-state index contributed by atoms with van der Waals surface area (Å²) < 4.78 is 0. The topological polar surface area (TPSA) is 52.2 Å². The second kappa shape index (κ2) is 9.23. The highest BCUT2D eigenvalue weighted by Crippen LogP contribution is 2.24. The molecule has 1 amide bonds. The van der Waals surface area contributed by atoms with E-state index < -0.39 is 0 Å². The molecule has 0 spiro atoms. The Morgan fingerprint density at radius 2 is 1.83 bits per heavy atom. The third-order valence-corrected chi connectivity index (χ3v) is 5.96. The zero-order chi connectivity index (χ0) is 20.1. The van der Waals surface area contributed by atoms with Crippen molar-refractivity contribution in [3.8, 4) is 0 Å². The summed E-state index contributed by atoms with van der Waals surface area (Å²) in [7, 11) is 0. The number of nitrogens with one attached hydrogen (secondary N) is 1. The van der Waals surface area contributed by atoms with Crippen LogP contribution in [0.25, 0.3) is 10.9 Å². The number of hydrogen-bond donors (Lipinski definition) is 1. The van der Waals surface area contributed by atoms with Gasteiger partial charge in [0, 0.05) is 31.1 Å². The average molecular weight is 391 g/mol. The Morgan fingerprint density at radius 1 is 1.10 bits per heavy atom. The molecule has 1 aliphatic heterocycles. The molecule has 0 aliphatic carbocycles. The number of likely N-dealkylation sites (tertiary alicyclic amines) is 1. The molecular formula is C24H30N4O. The molecule has 1 fully saturated rings. The van der Waals surface area contributed by atoms with Gasteiger partial charge in [0.2, 0.25) is 0 Å². The van der Waals surface area contributed by atoms with Crippen molar-refractivity contribution in [3.05, 3.63) is 65.9 Å². The van der Waals surface area contributed by atoms with Gasteiger partial charge in [-0.05, 0) is 37.4 Å². The van der Waals surface area contributed by atoms with Crippen molar-refractivity contribution in [1.82, 2.24) is 20.0 Å². The number of aromatic amines is 1. The fourth-order valence-corrected chi connectivity index (χ4v) is 4.25. The van der Waals surface area contributed by atoms with Crippen LogP contribution in [0.4, 0.5) is 0 Å². The molecule has 5 nitrogen and oxygen atoms in total. The summed E-state index contributed by atoms with van der Waals surface area (Å²) in [5.41, 5.74) is 2.60. The molecule has 2 heterocycles. The third kappa shape index (κ3) is 4.51. The Kier molecular flexibility index (Phi) is 6.25. The molecule has 1 aromatic heterocycles. The summed E-state index contributed by atoms with van der Waals surface area (Å²) in [5, 5.41) is 8.30. The molecule has 0 unspecified atom stereocenters. The van der Waals surface area contributed by atoms with Crippen molar-refractivity contribution in [3.63, 3.8) is 0 Å². The van der Waals surface area contributed by atoms with Crippen molar-refractivity contribution in [2.75, 3.05) is 19.6 Å². The number of piperidine rings is 1. The van der Waals surface area contributed by atoms with Crippen LogP contribution in [0.2, 0.25) is 0 Å². The standard InChI is InChI=1S/C24H30N4O/c1-2-3-15-27-16-13-20(14-17-27)28(18-19-9-5-4-6-10-19)24(29)23-21-11-7-8-12-22(21)25-26-23/h4-12,20H,2-3,13-18H2,1H3,(H,25,26). The van der Waals surface area contributed by atoms with Gasteiger partial charge in [-0.1, -0.05) is 61.9 Å². The van der Waals surface area contributed by atoms with Gasteiger partial charge in [0.15, 0.2) is 5.69 Å². The molecule has 3 aromatic rings. The Labute approximate surface area is 172 Å². The number of nitrogens with zero attached hydrogens (tertiary/aromatic N) is 3. The van der Waals surface area contributed by atoms with Crippen molar-refractivity contribution in [2.45, 2.75) is 45.2 Å². The Bertz CT molecular complexity index is 928. The number of rotatable bonds is 7. The largest absolute Gasteiger partial charge is 0.330 e. The summed E-state index contributed by atoms with van der Waals surface area (Å²) in [5.74, 6) is 0.0262. The molecule has 0 radical (unpaired) electrons. The van der Waals surface area contributed by atoms with E-state index >= 15 is 0 Å². The number of aromatic nitrogens is 2. The van der Waals surface area contributed by atoms with E-state index in [-0.39, 0.29) is 11.9 Å². The van der Waals surface area contributed by atoms with Crippen LogP contribution in [0, 0.1) is 0 Å². The summed E-state index contributed by atoms with van der Waals surface area (Å²) in [6, 6.07) is 18.4. The lowest BCUT2D eigenvalue weighted by molar-refractivity contribution is 0.0545. The number of hydrogen-bond acceptors (Lipinski definition) is 3. The molecular weight excluding hydrogens is 360 g/mol. The number of fused-ring (bicyclic) bond motifs is 1. The highest BCUT2D eigenvalue weighted by molar-refractivity contribution is 6.04.